The summed E-state index contributed by atoms with van der Waals surface area (Å²) in [7, 11) is 0. The number of aliphatic carboxylic acids is 1. The van der Waals surface area contributed by atoms with E-state index < -0.39 is 17.5 Å². The molecule has 0 heterocycles. The number of ether oxygens (including phenoxy) is 1. The van der Waals surface area contributed by atoms with Gasteiger partial charge in [-0.05, 0) is 13.8 Å². The van der Waals surface area contributed by atoms with Crippen LogP contribution in [0.2, 0.25) is 0 Å². The van der Waals surface area contributed by atoms with Gasteiger partial charge in [0, 0.05) is 17.6 Å². The predicted octanol–water partition coefficient (Wildman–Crippen LogP) is 2.00. The highest BCUT2D eigenvalue weighted by molar-refractivity contribution is 5.90. The van der Waals surface area contributed by atoms with E-state index in [4.69, 9.17) is 9.84 Å². The lowest BCUT2D eigenvalue weighted by Crippen LogP contribution is -2.40. The van der Waals surface area contributed by atoms with Gasteiger partial charge in [0.1, 0.15) is 5.60 Å². The third-order valence-corrected chi connectivity index (χ3v) is 2.52. The second-order valence-corrected chi connectivity index (χ2v) is 4.85. The van der Waals surface area contributed by atoms with Crippen molar-refractivity contribution in [2.24, 2.45) is 5.41 Å². The van der Waals surface area contributed by atoms with Gasteiger partial charge in [0.25, 0.3) is 0 Å². The first kappa shape index (κ1) is 13.7. The van der Waals surface area contributed by atoms with E-state index in [0.717, 1.165) is 12.2 Å². The van der Waals surface area contributed by atoms with Crippen molar-refractivity contribution in [1.82, 2.24) is 0 Å². The van der Waals surface area contributed by atoms with Crippen LogP contribution < -0.4 is 0 Å². The van der Waals surface area contributed by atoms with E-state index in [0.29, 0.717) is 0 Å². The molecular formula is C11H18O4. The van der Waals surface area contributed by atoms with Crippen molar-refractivity contribution in [1.29, 1.82) is 0 Å². The van der Waals surface area contributed by atoms with Crippen LogP contribution in [0.15, 0.2) is 12.2 Å². The van der Waals surface area contributed by atoms with Crippen molar-refractivity contribution in [3.05, 3.63) is 12.2 Å². The quantitative estimate of drug-likeness (QED) is 0.576. The Hall–Kier alpha value is -1.32. The molecule has 0 saturated heterocycles. The van der Waals surface area contributed by atoms with E-state index in [1.807, 2.05) is 20.8 Å². The van der Waals surface area contributed by atoms with Crippen LogP contribution in [0.1, 0.15) is 34.6 Å². The summed E-state index contributed by atoms with van der Waals surface area (Å²) < 4.78 is 5.16. The number of rotatable bonds is 3. The summed E-state index contributed by atoms with van der Waals surface area (Å²) in [6.07, 6.45) is 1.68. The first-order valence-electron chi connectivity index (χ1n) is 4.70. The van der Waals surface area contributed by atoms with Gasteiger partial charge in [-0.15, -0.1) is 0 Å². The molecule has 0 radical (unpaired) electrons. The fraction of sp³-hybridized carbons (Fsp3) is 0.636. The minimum atomic E-state index is -1.17. The summed E-state index contributed by atoms with van der Waals surface area (Å²) in [5.74, 6) is -1.81. The summed E-state index contributed by atoms with van der Waals surface area (Å²) in [4.78, 5) is 21.4. The van der Waals surface area contributed by atoms with E-state index in [9.17, 15) is 9.59 Å². The molecule has 0 rings (SSSR count). The molecule has 0 aromatic heterocycles. The molecule has 15 heavy (non-hydrogen) atoms. The molecule has 0 aliphatic heterocycles. The summed E-state index contributed by atoms with van der Waals surface area (Å²) in [6.45, 7) is 9.42. The zero-order chi connectivity index (χ0) is 12.3. The van der Waals surface area contributed by atoms with Gasteiger partial charge in [-0.1, -0.05) is 20.8 Å². The molecule has 4 heteroatoms. The number of hydrogen-bond acceptors (Lipinski definition) is 3. The highest BCUT2D eigenvalue weighted by Gasteiger charge is 2.35. The maximum Gasteiger partial charge on any atom is 0.331 e. The van der Waals surface area contributed by atoms with Gasteiger partial charge in [0.2, 0.25) is 0 Å². The maximum atomic E-state index is 11.2. The van der Waals surface area contributed by atoms with Crippen LogP contribution in [0, 0.1) is 5.41 Å². The van der Waals surface area contributed by atoms with E-state index >= 15 is 0 Å². The number of esters is 1. The Labute approximate surface area is 89.9 Å². The fourth-order valence-corrected chi connectivity index (χ4v) is 0.578. The summed E-state index contributed by atoms with van der Waals surface area (Å²) >= 11 is 0. The van der Waals surface area contributed by atoms with E-state index in [-0.39, 0.29) is 5.41 Å². The minimum absolute atomic E-state index is 0.209. The second-order valence-electron chi connectivity index (χ2n) is 4.85. The number of carbonyl (C=O) groups is 2. The average Bonchev–Trinajstić information content (AvgIpc) is 1.97. The van der Waals surface area contributed by atoms with Crippen LogP contribution in [-0.2, 0) is 14.3 Å². The molecule has 0 bridgehead atoms. The predicted molar refractivity (Wildman–Crippen MR) is 56.4 cm³/mol. The number of carboxylic acid groups (broad SMARTS) is 1. The van der Waals surface area contributed by atoms with Gasteiger partial charge in [0.15, 0.2) is 0 Å². The number of hydrogen-bond donors (Lipinski definition) is 1. The molecule has 0 saturated carbocycles. The topological polar surface area (TPSA) is 63.6 Å². The zero-order valence-electron chi connectivity index (χ0n) is 9.83. The van der Waals surface area contributed by atoms with Crippen LogP contribution in [0.5, 0.6) is 0 Å². The Bertz CT molecular complexity index is 281. The minimum Gasteiger partial charge on any atom is -0.478 e. The number of carboxylic acids is 1. The molecular weight excluding hydrogens is 196 g/mol. The third kappa shape index (κ3) is 4.63. The second kappa shape index (κ2) is 4.47. The van der Waals surface area contributed by atoms with Crippen molar-refractivity contribution >= 4 is 11.9 Å². The molecule has 1 N–H and O–H groups in total. The fourth-order valence-electron chi connectivity index (χ4n) is 0.578. The van der Waals surface area contributed by atoms with E-state index in [2.05, 4.69) is 0 Å². The Balaban J connectivity index is 4.49. The van der Waals surface area contributed by atoms with Gasteiger partial charge >= 0.3 is 11.9 Å². The smallest absolute Gasteiger partial charge is 0.331 e. The first-order valence-corrected chi connectivity index (χ1v) is 4.70. The standard InChI is InChI=1S/C11H18O4/c1-10(2,3)11(4,5)15-9(14)7-6-8(12)13/h6-7H,1-5H3,(H,12,13)/b7-6-. The molecule has 0 aromatic rings. The highest BCUT2D eigenvalue weighted by Crippen LogP contribution is 2.32. The van der Waals surface area contributed by atoms with Gasteiger partial charge in [-0.3, -0.25) is 0 Å². The van der Waals surface area contributed by atoms with Crippen molar-refractivity contribution in [3.8, 4) is 0 Å². The average molecular weight is 214 g/mol. The monoisotopic (exact) mass is 214 g/mol. The molecule has 0 amide bonds. The molecule has 0 spiro atoms. The molecule has 86 valence electrons. The van der Waals surface area contributed by atoms with Crippen LogP contribution >= 0.6 is 0 Å². The van der Waals surface area contributed by atoms with E-state index in [1.54, 1.807) is 13.8 Å². The Morgan fingerprint density at radius 1 is 1.07 bits per heavy atom. The van der Waals surface area contributed by atoms with Crippen LogP contribution in [0.3, 0.4) is 0 Å². The third-order valence-electron chi connectivity index (χ3n) is 2.52. The highest BCUT2D eigenvalue weighted by atomic mass is 16.6. The lowest BCUT2D eigenvalue weighted by molar-refractivity contribution is -0.161. The molecule has 0 atom stereocenters. The van der Waals surface area contributed by atoms with Crippen molar-refractivity contribution in [2.45, 2.75) is 40.2 Å². The van der Waals surface area contributed by atoms with Gasteiger partial charge < -0.3 is 9.84 Å². The van der Waals surface area contributed by atoms with Crippen LogP contribution in [-0.4, -0.2) is 22.6 Å². The maximum absolute atomic E-state index is 11.2. The molecule has 0 aliphatic carbocycles. The Kier molecular flexibility index (Phi) is 4.07. The van der Waals surface area contributed by atoms with Crippen LogP contribution in [0.25, 0.3) is 0 Å². The molecule has 4 nitrogen and oxygen atoms in total. The number of carbonyl (C=O) groups excluding carboxylic acids is 1. The van der Waals surface area contributed by atoms with Gasteiger partial charge in [-0.25, -0.2) is 9.59 Å². The lowest BCUT2D eigenvalue weighted by Gasteiger charge is -2.37. The molecule has 0 unspecified atom stereocenters. The summed E-state index contributed by atoms with van der Waals surface area (Å²) in [5, 5.41) is 8.33. The molecule has 0 aliphatic rings. The molecule has 0 aromatic carbocycles. The van der Waals surface area contributed by atoms with E-state index in [1.165, 1.54) is 0 Å². The zero-order valence-corrected chi connectivity index (χ0v) is 9.83. The van der Waals surface area contributed by atoms with Crippen molar-refractivity contribution in [2.75, 3.05) is 0 Å². The van der Waals surface area contributed by atoms with Gasteiger partial charge in [0.05, 0.1) is 0 Å². The van der Waals surface area contributed by atoms with Crippen molar-refractivity contribution in [3.63, 3.8) is 0 Å². The normalized spacial score (nSPS) is 12.9. The summed E-state index contributed by atoms with van der Waals surface area (Å²) in [6, 6.07) is 0. The largest absolute Gasteiger partial charge is 0.478 e. The first-order chi connectivity index (χ1) is 6.56. The van der Waals surface area contributed by atoms with Gasteiger partial charge in [-0.2, -0.15) is 0 Å². The van der Waals surface area contributed by atoms with Crippen molar-refractivity contribution < 1.29 is 19.4 Å². The summed E-state index contributed by atoms with van der Waals surface area (Å²) in [5.41, 5.74) is -0.855. The SMILES string of the molecule is CC(C)(C)C(C)(C)OC(=O)/C=C\C(=O)O. The molecule has 0 fully saturated rings. The Morgan fingerprint density at radius 3 is 1.87 bits per heavy atom. The lowest BCUT2D eigenvalue weighted by atomic mass is 9.79. The Morgan fingerprint density at radius 2 is 1.53 bits per heavy atom. The van der Waals surface area contributed by atoms with Crippen LogP contribution in [0.4, 0.5) is 0 Å².